The fourth-order valence-electron chi connectivity index (χ4n) is 2.47. The van der Waals surface area contributed by atoms with Crippen molar-refractivity contribution in [2.75, 3.05) is 0 Å². The molecule has 0 aliphatic rings. The minimum atomic E-state index is -0.0427. The summed E-state index contributed by atoms with van der Waals surface area (Å²) in [6.45, 7) is 3.91. The lowest BCUT2D eigenvalue weighted by Gasteiger charge is -2.09. The van der Waals surface area contributed by atoms with Gasteiger partial charge >= 0.3 is 0 Å². The molecule has 0 fully saturated rings. The van der Waals surface area contributed by atoms with Crippen molar-refractivity contribution in [1.29, 1.82) is 0 Å². The van der Waals surface area contributed by atoms with E-state index in [1.807, 2.05) is 80.6 Å². The SMILES string of the molecule is CC(C)NC(=O)c1cccc(CSc2ccc(-c3ccccc3)nn2)c1. The first-order chi connectivity index (χ1) is 12.6. The molecule has 1 aromatic heterocycles. The molecule has 0 radical (unpaired) electrons. The van der Waals surface area contributed by atoms with Crippen LogP contribution in [0.5, 0.6) is 0 Å². The van der Waals surface area contributed by atoms with Gasteiger partial charge in [0.1, 0.15) is 5.03 Å². The quantitative estimate of drug-likeness (QED) is 0.652. The Kier molecular flexibility index (Phi) is 6.02. The number of rotatable bonds is 6. The highest BCUT2D eigenvalue weighted by Crippen LogP contribution is 2.23. The Balaban J connectivity index is 1.63. The molecule has 1 N–H and O–H groups in total. The number of hydrogen-bond donors (Lipinski definition) is 1. The third-order valence-electron chi connectivity index (χ3n) is 3.71. The van der Waals surface area contributed by atoms with Crippen LogP contribution in [0.25, 0.3) is 11.3 Å². The van der Waals surface area contributed by atoms with Crippen LogP contribution in [0, 0.1) is 0 Å². The highest BCUT2D eigenvalue weighted by molar-refractivity contribution is 7.98. The van der Waals surface area contributed by atoms with Gasteiger partial charge in [0.05, 0.1) is 5.69 Å². The molecule has 0 unspecified atom stereocenters. The monoisotopic (exact) mass is 363 g/mol. The molecule has 1 heterocycles. The van der Waals surface area contributed by atoms with Crippen molar-refractivity contribution < 1.29 is 4.79 Å². The maximum absolute atomic E-state index is 12.1. The maximum atomic E-state index is 12.1. The van der Waals surface area contributed by atoms with E-state index in [-0.39, 0.29) is 11.9 Å². The van der Waals surface area contributed by atoms with Gasteiger partial charge in [0.15, 0.2) is 0 Å². The van der Waals surface area contributed by atoms with E-state index >= 15 is 0 Å². The topological polar surface area (TPSA) is 54.9 Å². The standard InChI is InChI=1S/C21H21N3OS/c1-15(2)22-21(25)18-10-6-7-16(13-18)14-26-20-12-11-19(23-24-20)17-8-4-3-5-9-17/h3-13,15H,14H2,1-2H3,(H,22,25). The summed E-state index contributed by atoms with van der Waals surface area (Å²) in [6.07, 6.45) is 0. The van der Waals surface area contributed by atoms with E-state index in [1.54, 1.807) is 11.8 Å². The molecule has 0 aliphatic heterocycles. The molecule has 26 heavy (non-hydrogen) atoms. The number of carbonyl (C=O) groups is 1. The van der Waals surface area contributed by atoms with Gasteiger partial charge < -0.3 is 5.32 Å². The number of thioether (sulfide) groups is 1. The highest BCUT2D eigenvalue weighted by atomic mass is 32.2. The van der Waals surface area contributed by atoms with Gasteiger partial charge in [0, 0.05) is 22.9 Å². The van der Waals surface area contributed by atoms with Crippen molar-refractivity contribution in [3.05, 3.63) is 77.9 Å². The number of carbonyl (C=O) groups excluding carboxylic acids is 1. The number of benzene rings is 2. The van der Waals surface area contributed by atoms with Gasteiger partial charge in [-0.1, -0.05) is 54.2 Å². The third-order valence-corrected chi connectivity index (χ3v) is 4.70. The first kappa shape index (κ1) is 18.1. The van der Waals surface area contributed by atoms with Crippen LogP contribution >= 0.6 is 11.8 Å². The van der Waals surface area contributed by atoms with Gasteiger partial charge in [-0.25, -0.2) is 0 Å². The summed E-state index contributed by atoms with van der Waals surface area (Å²) in [6, 6.07) is 21.8. The zero-order valence-corrected chi connectivity index (χ0v) is 15.7. The molecule has 3 rings (SSSR count). The Morgan fingerprint density at radius 3 is 2.50 bits per heavy atom. The van der Waals surface area contributed by atoms with Crippen LogP contribution < -0.4 is 5.32 Å². The number of nitrogens with one attached hydrogen (secondary N) is 1. The molecule has 0 saturated carbocycles. The summed E-state index contributed by atoms with van der Waals surface area (Å²) in [5.41, 5.74) is 3.69. The molecule has 0 bridgehead atoms. The van der Waals surface area contributed by atoms with Crippen molar-refractivity contribution >= 4 is 17.7 Å². The number of hydrogen-bond acceptors (Lipinski definition) is 4. The predicted octanol–water partition coefficient (Wildman–Crippen LogP) is 4.57. The fourth-order valence-corrected chi connectivity index (χ4v) is 3.22. The van der Waals surface area contributed by atoms with E-state index in [0.29, 0.717) is 5.56 Å². The molecule has 0 atom stereocenters. The Labute approximate surface area is 158 Å². The minimum absolute atomic E-state index is 0.0427. The first-order valence-corrected chi connectivity index (χ1v) is 9.52. The summed E-state index contributed by atoms with van der Waals surface area (Å²) in [5.74, 6) is 0.696. The van der Waals surface area contributed by atoms with E-state index in [2.05, 4.69) is 15.5 Å². The molecular weight excluding hydrogens is 342 g/mol. The van der Waals surface area contributed by atoms with Crippen LogP contribution in [0.3, 0.4) is 0 Å². The largest absolute Gasteiger partial charge is 0.350 e. The molecular formula is C21H21N3OS. The highest BCUT2D eigenvalue weighted by Gasteiger charge is 2.08. The van der Waals surface area contributed by atoms with Gasteiger partial charge in [-0.3, -0.25) is 4.79 Å². The molecule has 0 aliphatic carbocycles. The zero-order chi connectivity index (χ0) is 18.4. The zero-order valence-electron chi connectivity index (χ0n) is 14.8. The average molecular weight is 363 g/mol. The number of aromatic nitrogens is 2. The van der Waals surface area contributed by atoms with E-state index < -0.39 is 0 Å². The van der Waals surface area contributed by atoms with E-state index in [4.69, 9.17) is 0 Å². The van der Waals surface area contributed by atoms with Gasteiger partial charge in [0.25, 0.3) is 5.91 Å². The van der Waals surface area contributed by atoms with Crippen molar-refractivity contribution in [2.24, 2.45) is 0 Å². The second-order valence-corrected chi connectivity index (χ2v) is 7.24. The van der Waals surface area contributed by atoms with Gasteiger partial charge in [0.2, 0.25) is 0 Å². The van der Waals surface area contributed by atoms with Crippen LogP contribution in [0.2, 0.25) is 0 Å². The van der Waals surface area contributed by atoms with Crippen molar-refractivity contribution in [1.82, 2.24) is 15.5 Å². The van der Waals surface area contributed by atoms with Crippen molar-refractivity contribution in [3.63, 3.8) is 0 Å². The Morgan fingerprint density at radius 2 is 1.81 bits per heavy atom. The Bertz CT molecular complexity index is 864. The van der Waals surface area contributed by atoms with Crippen molar-refractivity contribution in [2.45, 2.75) is 30.7 Å². The maximum Gasteiger partial charge on any atom is 0.251 e. The van der Waals surface area contributed by atoms with Gasteiger partial charge in [-0.2, -0.15) is 0 Å². The van der Waals surface area contributed by atoms with E-state index in [1.165, 1.54) is 0 Å². The summed E-state index contributed by atoms with van der Waals surface area (Å²) in [7, 11) is 0. The van der Waals surface area contributed by atoms with Gasteiger partial charge in [-0.05, 0) is 43.7 Å². The Hall–Kier alpha value is -2.66. The lowest BCUT2D eigenvalue weighted by Crippen LogP contribution is -2.30. The second-order valence-electron chi connectivity index (χ2n) is 6.24. The number of nitrogens with zero attached hydrogens (tertiary/aromatic N) is 2. The van der Waals surface area contributed by atoms with Crippen LogP contribution in [0.1, 0.15) is 29.8 Å². The molecule has 1 amide bonds. The summed E-state index contributed by atoms with van der Waals surface area (Å²) in [4.78, 5) is 12.1. The average Bonchev–Trinajstić information content (AvgIpc) is 2.67. The smallest absolute Gasteiger partial charge is 0.251 e. The first-order valence-electron chi connectivity index (χ1n) is 8.53. The molecule has 4 nitrogen and oxygen atoms in total. The van der Waals surface area contributed by atoms with Crippen molar-refractivity contribution in [3.8, 4) is 11.3 Å². The predicted molar refractivity (Wildman–Crippen MR) is 106 cm³/mol. The Morgan fingerprint density at radius 1 is 1.00 bits per heavy atom. The lowest BCUT2D eigenvalue weighted by atomic mass is 10.1. The van der Waals surface area contributed by atoms with E-state index in [9.17, 15) is 4.79 Å². The molecule has 5 heteroatoms. The molecule has 0 saturated heterocycles. The normalized spacial score (nSPS) is 10.7. The van der Waals surface area contributed by atoms with Crippen LogP contribution in [0.4, 0.5) is 0 Å². The van der Waals surface area contributed by atoms with Crippen LogP contribution in [-0.2, 0) is 5.75 Å². The number of amides is 1. The molecule has 2 aromatic carbocycles. The summed E-state index contributed by atoms with van der Waals surface area (Å²) < 4.78 is 0. The van der Waals surface area contributed by atoms with Gasteiger partial charge in [-0.15, -0.1) is 10.2 Å². The summed E-state index contributed by atoms with van der Waals surface area (Å²) in [5, 5.41) is 12.4. The summed E-state index contributed by atoms with van der Waals surface area (Å²) >= 11 is 1.61. The molecule has 0 spiro atoms. The second kappa shape index (κ2) is 8.63. The van der Waals surface area contributed by atoms with Crippen LogP contribution in [-0.4, -0.2) is 22.1 Å². The van der Waals surface area contributed by atoms with E-state index in [0.717, 1.165) is 27.6 Å². The van der Waals surface area contributed by atoms with Crippen LogP contribution in [0.15, 0.2) is 71.8 Å². The lowest BCUT2D eigenvalue weighted by molar-refractivity contribution is 0.0943. The fraction of sp³-hybridized carbons (Fsp3) is 0.190. The minimum Gasteiger partial charge on any atom is -0.350 e. The molecule has 132 valence electrons. The molecule has 3 aromatic rings. The third kappa shape index (κ3) is 4.92.